The Bertz CT molecular complexity index is 515. The molecular weight excluding hydrogens is 224 g/mol. The van der Waals surface area contributed by atoms with Crippen LogP contribution in [0.2, 0.25) is 0 Å². The average Bonchev–Trinajstić information content (AvgIpc) is 2.61. The highest BCUT2D eigenvalue weighted by Crippen LogP contribution is 2.37. The van der Waals surface area contributed by atoms with Crippen molar-refractivity contribution in [3.8, 4) is 0 Å². The second-order valence-electron chi connectivity index (χ2n) is 4.95. The second kappa shape index (κ2) is 4.41. The number of benzene rings is 1. The smallest absolute Gasteiger partial charge is 0.267 e. The van der Waals surface area contributed by atoms with E-state index in [1.54, 1.807) is 12.1 Å². The number of carbonyl (C=O) groups excluding carboxylic acids is 1. The number of nitrogens with zero attached hydrogens (tertiary/aromatic N) is 2. The third kappa shape index (κ3) is 1.86. The van der Waals surface area contributed by atoms with E-state index >= 15 is 0 Å². The lowest BCUT2D eigenvalue weighted by Gasteiger charge is -2.23. The maximum atomic E-state index is 12.4. The van der Waals surface area contributed by atoms with Gasteiger partial charge < -0.3 is 0 Å². The van der Waals surface area contributed by atoms with Gasteiger partial charge in [0.2, 0.25) is 0 Å². The zero-order valence-electron chi connectivity index (χ0n) is 11.1. The predicted molar refractivity (Wildman–Crippen MR) is 73.3 cm³/mol. The van der Waals surface area contributed by atoms with Gasteiger partial charge in [-0.25, -0.2) is 5.01 Å². The molecule has 0 aromatic heterocycles. The molecule has 0 saturated heterocycles. The monoisotopic (exact) mass is 242 g/mol. The van der Waals surface area contributed by atoms with Crippen molar-refractivity contribution in [1.82, 2.24) is 5.01 Å². The fourth-order valence-electron chi connectivity index (χ4n) is 2.12. The lowest BCUT2D eigenvalue weighted by molar-refractivity contribution is 0.0806. The summed E-state index contributed by atoms with van der Waals surface area (Å²) < 4.78 is 0. The summed E-state index contributed by atoms with van der Waals surface area (Å²) in [7, 11) is 0. The molecule has 2 rings (SSSR count). The van der Waals surface area contributed by atoms with Gasteiger partial charge in [0.15, 0.2) is 0 Å². The van der Waals surface area contributed by atoms with Crippen LogP contribution in [0.15, 0.2) is 47.7 Å². The second-order valence-corrected chi connectivity index (χ2v) is 4.95. The van der Waals surface area contributed by atoms with Crippen LogP contribution in [0, 0.1) is 5.41 Å². The number of amides is 1. The summed E-state index contributed by atoms with van der Waals surface area (Å²) in [6.45, 7) is 10.2. The van der Waals surface area contributed by atoms with E-state index in [0.29, 0.717) is 5.56 Å². The average molecular weight is 242 g/mol. The van der Waals surface area contributed by atoms with E-state index in [4.69, 9.17) is 0 Å². The van der Waals surface area contributed by atoms with Crippen LogP contribution in [0.25, 0.3) is 0 Å². The maximum Gasteiger partial charge on any atom is 0.278 e. The van der Waals surface area contributed by atoms with Crippen molar-refractivity contribution in [3.63, 3.8) is 0 Å². The van der Waals surface area contributed by atoms with Crippen LogP contribution < -0.4 is 0 Å². The van der Waals surface area contributed by atoms with Gasteiger partial charge in [-0.05, 0) is 32.4 Å². The first kappa shape index (κ1) is 12.6. The number of carbonyl (C=O) groups is 1. The minimum absolute atomic E-state index is 0.114. The summed E-state index contributed by atoms with van der Waals surface area (Å²) in [6.07, 6.45) is 0.824. The van der Waals surface area contributed by atoms with Crippen LogP contribution in [0.5, 0.6) is 0 Å². The van der Waals surface area contributed by atoms with E-state index in [9.17, 15) is 4.79 Å². The fraction of sp³-hybridized carbons (Fsp3) is 0.333. The molecule has 0 N–H and O–H groups in total. The lowest BCUT2D eigenvalue weighted by atomic mass is 9.84. The largest absolute Gasteiger partial charge is 0.278 e. The highest BCUT2D eigenvalue weighted by atomic mass is 16.2. The highest BCUT2D eigenvalue weighted by Gasteiger charge is 2.39. The van der Waals surface area contributed by atoms with Crippen molar-refractivity contribution in [2.75, 3.05) is 0 Å². The van der Waals surface area contributed by atoms with E-state index in [1.807, 2.05) is 25.1 Å². The molecule has 3 nitrogen and oxygen atoms in total. The number of hydrogen-bond donors (Lipinski definition) is 0. The van der Waals surface area contributed by atoms with Gasteiger partial charge in [0.1, 0.15) is 0 Å². The number of rotatable bonds is 2. The SMILES string of the molecule is C=C1N(C(=O)c2ccccc2)N=C(CC)C1(C)C. The van der Waals surface area contributed by atoms with Crippen molar-refractivity contribution in [3.05, 3.63) is 48.2 Å². The van der Waals surface area contributed by atoms with Crippen LogP contribution >= 0.6 is 0 Å². The van der Waals surface area contributed by atoms with Gasteiger partial charge in [0.05, 0.1) is 11.4 Å². The summed E-state index contributed by atoms with van der Waals surface area (Å²) >= 11 is 0. The molecule has 3 heteroatoms. The van der Waals surface area contributed by atoms with Crippen molar-refractivity contribution in [2.24, 2.45) is 10.5 Å². The zero-order valence-corrected chi connectivity index (χ0v) is 11.1. The molecule has 94 valence electrons. The van der Waals surface area contributed by atoms with E-state index in [2.05, 4.69) is 25.5 Å². The molecule has 0 atom stereocenters. The van der Waals surface area contributed by atoms with Crippen LogP contribution in [0.1, 0.15) is 37.6 Å². The molecule has 1 amide bonds. The van der Waals surface area contributed by atoms with Gasteiger partial charge in [-0.15, -0.1) is 0 Å². The minimum atomic E-state index is -0.237. The first-order valence-electron chi connectivity index (χ1n) is 6.15. The van der Waals surface area contributed by atoms with Gasteiger partial charge >= 0.3 is 0 Å². The summed E-state index contributed by atoms with van der Waals surface area (Å²) in [4.78, 5) is 12.4. The summed E-state index contributed by atoms with van der Waals surface area (Å²) in [5.74, 6) is -0.114. The van der Waals surface area contributed by atoms with Gasteiger partial charge in [-0.2, -0.15) is 5.10 Å². The molecule has 1 aliphatic rings. The van der Waals surface area contributed by atoms with Crippen molar-refractivity contribution < 1.29 is 4.79 Å². The molecule has 0 saturated carbocycles. The van der Waals surface area contributed by atoms with E-state index in [-0.39, 0.29) is 11.3 Å². The first-order chi connectivity index (χ1) is 8.48. The Hall–Kier alpha value is -1.90. The molecular formula is C15H18N2O. The lowest BCUT2D eigenvalue weighted by Crippen LogP contribution is -2.28. The van der Waals surface area contributed by atoms with Crippen molar-refractivity contribution >= 4 is 11.6 Å². The topological polar surface area (TPSA) is 32.7 Å². The Morgan fingerprint density at radius 3 is 2.44 bits per heavy atom. The molecule has 0 fully saturated rings. The summed E-state index contributed by atoms with van der Waals surface area (Å²) in [5.41, 5.74) is 2.14. The van der Waals surface area contributed by atoms with E-state index in [1.165, 1.54) is 5.01 Å². The number of hydrogen-bond acceptors (Lipinski definition) is 2. The first-order valence-corrected chi connectivity index (χ1v) is 6.15. The summed E-state index contributed by atoms with van der Waals surface area (Å²) in [5, 5.41) is 5.86. The molecule has 0 spiro atoms. The summed E-state index contributed by atoms with van der Waals surface area (Å²) in [6, 6.07) is 9.17. The van der Waals surface area contributed by atoms with E-state index < -0.39 is 0 Å². The third-order valence-corrected chi connectivity index (χ3v) is 3.47. The van der Waals surface area contributed by atoms with Crippen LogP contribution in [-0.4, -0.2) is 16.6 Å². The molecule has 0 unspecified atom stereocenters. The minimum Gasteiger partial charge on any atom is -0.267 e. The van der Waals surface area contributed by atoms with Crippen LogP contribution in [0.3, 0.4) is 0 Å². The third-order valence-electron chi connectivity index (χ3n) is 3.47. The normalized spacial score (nSPS) is 17.8. The predicted octanol–water partition coefficient (Wildman–Crippen LogP) is 3.45. The quantitative estimate of drug-likeness (QED) is 0.781. The fourth-order valence-corrected chi connectivity index (χ4v) is 2.12. The highest BCUT2D eigenvalue weighted by molar-refractivity contribution is 6.01. The molecule has 0 radical (unpaired) electrons. The molecule has 18 heavy (non-hydrogen) atoms. The van der Waals surface area contributed by atoms with Crippen molar-refractivity contribution in [1.29, 1.82) is 0 Å². The molecule has 1 aliphatic heterocycles. The van der Waals surface area contributed by atoms with Crippen LogP contribution in [0.4, 0.5) is 0 Å². The Morgan fingerprint density at radius 2 is 1.94 bits per heavy atom. The Morgan fingerprint density at radius 1 is 1.33 bits per heavy atom. The standard InChI is InChI=1S/C15H18N2O/c1-5-13-15(3,4)11(2)17(16-13)14(18)12-9-7-6-8-10-12/h6-10H,2,5H2,1,3-4H3. The van der Waals surface area contributed by atoms with Crippen LogP contribution in [-0.2, 0) is 0 Å². The maximum absolute atomic E-state index is 12.4. The number of hydrazone groups is 1. The zero-order chi connectivity index (χ0) is 13.3. The molecule has 1 heterocycles. The molecule has 0 bridgehead atoms. The Kier molecular flexibility index (Phi) is 3.07. The van der Waals surface area contributed by atoms with Gasteiger partial charge in [0.25, 0.3) is 5.91 Å². The molecule has 0 aliphatic carbocycles. The number of allylic oxidation sites excluding steroid dienone is 1. The Balaban J connectivity index is 2.34. The van der Waals surface area contributed by atoms with E-state index in [0.717, 1.165) is 17.8 Å². The van der Waals surface area contributed by atoms with Gasteiger partial charge in [-0.3, -0.25) is 4.79 Å². The Labute approximate surface area is 108 Å². The molecule has 1 aromatic carbocycles. The molecule has 1 aromatic rings. The van der Waals surface area contributed by atoms with Gasteiger partial charge in [-0.1, -0.05) is 31.7 Å². The van der Waals surface area contributed by atoms with Crippen molar-refractivity contribution in [2.45, 2.75) is 27.2 Å². The van der Waals surface area contributed by atoms with Gasteiger partial charge in [0, 0.05) is 11.0 Å².